The quantitative estimate of drug-likeness (QED) is 0.746. The fraction of sp³-hybridized carbons (Fsp3) is 0.588. The molecular formula is C17H25BrN2O5S. The molecule has 146 valence electrons. The van der Waals surface area contributed by atoms with Crippen molar-refractivity contribution in [2.45, 2.75) is 37.8 Å². The van der Waals surface area contributed by atoms with E-state index in [4.69, 9.17) is 9.84 Å². The summed E-state index contributed by atoms with van der Waals surface area (Å²) >= 11 is 3.34. The van der Waals surface area contributed by atoms with Gasteiger partial charge in [0.05, 0.1) is 4.90 Å². The molecule has 0 spiro atoms. The summed E-state index contributed by atoms with van der Waals surface area (Å²) in [5.74, 6) is -0.00491. The van der Waals surface area contributed by atoms with Gasteiger partial charge in [0.2, 0.25) is 10.0 Å². The van der Waals surface area contributed by atoms with E-state index in [1.807, 2.05) is 0 Å². The van der Waals surface area contributed by atoms with Gasteiger partial charge in [0.15, 0.2) is 0 Å². The molecule has 1 aliphatic heterocycles. The van der Waals surface area contributed by atoms with Crippen LogP contribution in [0.3, 0.4) is 0 Å². The number of carbonyl (C=O) groups is 1. The fourth-order valence-corrected chi connectivity index (χ4v) is 4.90. The van der Waals surface area contributed by atoms with E-state index in [2.05, 4.69) is 15.9 Å². The molecule has 0 aliphatic carbocycles. The molecule has 1 aromatic rings. The molecule has 0 saturated carbocycles. The van der Waals surface area contributed by atoms with Gasteiger partial charge in [-0.15, -0.1) is 0 Å². The number of ether oxygens (including phenoxy) is 1. The molecule has 2 rings (SSSR count). The maximum atomic E-state index is 12.7. The van der Waals surface area contributed by atoms with Crippen molar-refractivity contribution in [3.8, 4) is 0 Å². The van der Waals surface area contributed by atoms with E-state index in [0.717, 1.165) is 0 Å². The zero-order valence-corrected chi connectivity index (χ0v) is 17.8. The third-order valence-corrected chi connectivity index (χ3v) is 6.14. The molecular weight excluding hydrogens is 424 g/mol. The number of aliphatic hydroxyl groups excluding tert-OH is 1. The molecule has 1 heterocycles. The van der Waals surface area contributed by atoms with Crippen molar-refractivity contribution in [1.29, 1.82) is 0 Å². The molecule has 7 nitrogen and oxygen atoms in total. The maximum Gasteiger partial charge on any atom is 0.410 e. The molecule has 0 radical (unpaired) electrons. The third-order valence-electron chi connectivity index (χ3n) is 3.88. The highest BCUT2D eigenvalue weighted by molar-refractivity contribution is 9.10. The summed E-state index contributed by atoms with van der Waals surface area (Å²) in [6.45, 7) is 6.20. The van der Waals surface area contributed by atoms with Crippen molar-refractivity contribution in [3.05, 3.63) is 28.2 Å². The molecule has 1 fully saturated rings. The van der Waals surface area contributed by atoms with E-state index in [-0.39, 0.29) is 24.0 Å². The van der Waals surface area contributed by atoms with Crippen LogP contribution in [0.25, 0.3) is 0 Å². The number of carbonyl (C=O) groups excluding carboxylic acids is 1. The van der Waals surface area contributed by atoms with Gasteiger partial charge in [0, 0.05) is 43.7 Å². The van der Waals surface area contributed by atoms with E-state index in [1.165, 1.54) is 9.21 Å². The van der Waals surface area contributed by atoms with Crippen LogP contribution in [0, 0.1) is 5.92 Å². The minimum atomic E-state index is -3.62. The molecule has 1 aromatic carbocycles. The van der Waals surface area contributed by atoms with Gasteiger partial charge in [-0.2, -0.15) is 4.31 Å². The molecule has 1 amide bonds. The van der Waals surface area contributed by atoms with Gasteiger partial charge in [0.1, 0.15) is 5.60 Å². The first-order valence-electron chi connectivity index (χ1n) is 8.27. The Bertz CT molecular complexity index is 770. The van der Waals surface area contributed by atoms with Crippen LogP contribution < -0.4 is 0 Å². The topological polar surface area (TPSA) is 87.2 Å². The Hall–Kier alpha value is -1.16. The highest BCUT2D eigenvalue weighted by atomic mass is 79.9. The summed E-state index contributed by atoms with van der Waals surface area (Å²) in [4.78, 5) is 13.7. The smallest absolute Gasteiger partial charge is 0.410 e. The van der Waals surface area contributed by atoms with Crippen molar-refractivity contribution in [3.63, 3.8) is 0 Å². The molecule has 9 heteroatoms. The van der Waals surface area contributed by atoms with E-state index >= 15 is 0 Å². The molecule has 26 heavy (non-hydrogen) atoms. The van der Waals surface area contributed by atoms with Gasteiger partial charge >= 0.3 is 6.09 Å². The molecule has 0 unspecified atom stereocenters. The molecule has 1 aliphatic rings. The second kappa shape index (κ2) is 7.84. The number of benzene rings is 1. The summed E-state index contributed by atoms with van der Waals surface area (Å²) in [5, 5.41) is 9.08. The number of halogens is 1. The zero-order chi connectivity index (χ0) is 19.7. The predicted octanol–water partition coefficient (Wildman–Crippen LogP) is 2.43. The Labute approximate surface area is 163 Å². The van der Waals surface area contributed by atoms with E-state index in [0.29, 0.717) is 23.1 Å². The lowest BCUT2D eigenvalue weighted by molar-refractivity contribution is 0.0285. The first kappa shape index (κ1) is 21.1. The number of hydrogen-bond acceptors (Lipinski definition) is 5. The second-order valence-corrected chi connectivity index (χ2v) is 10.4. The highest BCUT2D eigenvalue weighted by Gasteiger charge is 2.36. The average molecular weight is 449 g/mol. The van der Waals surface area contributed by atoms with Crippen molar-refractivity contribution in [2.75, 3.05) is 26.7 Å². The lowest BCUT2D eigenvalue weighted by atomic mass is 10.1. The lowest BCUT2D eigenvalue weighted by Crippen LogP contribution is -2.51. The fourth-order valence-electron chi connectivity index (χ4n) is 2.52. The molecule has 1 N–H and O–H groups in total. The summed E-state index contributed by atoms with van der Waals surface area (Å²) in [6.07, 6.45) is -0.476. The van der Waals surface area contributed by atoms with Crippen LogP contribution in [0.15, 0.2) is 27.6 Å². The van der Waals surface area contributed by atoms with E-state index in [9.17, 15) is 13.2 Å². The van der Waals surface area contributed by atoms with Crippen molar-refractivity contribution < 1.29 is 23.1 Å². The minimum absolute atomic E-state index is 0.00491. The Morgan fingerprint density at radius 1 is 1.35 bits per heavy atom. The van der Waals surface area contributed by atoms with E-state index in [1.54, 1.807) is 46.0 Å². The van der Waals surface area contributed by atoms with Gasteiger partial charge in [-0.1, -0.05) is 15.9 Å². The first-order valence-corrected chi connectivity index (χ1v) is 10.5. The number of sulfonamides is 1. The number of hydrogen-bond donors (Lipinski definition) is 1. The van der Waals surface area contributed by atoms with Gasteiger partial charge < -0.3 is 14.7 Å². The average Bonchev–Trinajstić information content (AvgIpc) is 2.43. The SMILES string of the molecule is CN(Cc1cc(Br)cc(S(=O)(=O)N2CC(CO)C2)c1)C(=O)OC(C)(C)C. The van der Waals surface area contributed by atoms with Gasteiger partial charge in [-0.25, -0.2) is 13.2 Å². The largest absolute Gasteiger partial charge is 0.444 e. The second-order valence-electron chi connectivity index (χ2n) is 7.50. The van der Waals surface area contributed by atoms with Crippen molar-refractivity contribution in [2.24, 2.45) is 5.92 Å². The van der Waals surface area contributed by atoms with Crippen LogP contribution in [0.1, 0.15) is 26.3 Å². The normalized spacial score (nSPS) is 16.2. The van der Waals surface area contributed by atoms with Gasteiger partial charge in [-0.3, -0.25) is 0 Å². The summed E-state index contributed by atoms with van der Waals surface area (Å²) in [7, 11) is -2.02. The number of nitrogens with zero attached hydrogens (tertiary/aromatic N) is 2. The first-order chi connectivity index (χ1) is 11.9. The van der Waals surface area contributed by atoms with Crippen LogP contribution in [-0.4, -0.2) is 61.2 Å². The Morgan fingerprint density at radius 3 is 2.50 bits per heavy atom. The standard InChI is InChI=1S/C17H25BrN2O5S/c1-17(2,3)25-16(22)19(4)8-12-5-14(18)7-15(6-12)26(23,24)20-9-13(10-20)11-21/h5-7,13,21H,8-11H2,1-4H3. The Balaban J connectivity index is 2.16. The third kappa shape index (κ3) is 5.18. The number of aliphatic hydroxyl groups is 1. The summed E-state index contributed by atoms with van der Waals surface area (Å²) in [6, 6.07) is 4.87. The van der Waals surface area contributed by atoms with Crippen LogP contribution in [0.4, 0.5) is 4.79 Å². The zero-order valence-electron chi connectivity index (χ0n) is 15.4. The lowest BCUT2D eigenvalue weighted by Gasteiger charge is -2.37. The molecule has 0 aromatic heterocycles. The summed E-state index contributed by atoms with van der Waals surface area (Å²) < 4.78 is 32.7. The monoisotopic (exact) mass is 448 g/mol. The van der Waals surface area contributed by atoms with Crippen LogP contribution in [0.5, 0.6) is 0 Å². The van der Waals surface area contributed by atoms with E-state index < -0.39 is 21.7 Å². The van der Waals surface area contributed by atoms with Crippen molar-refractivity contribution in [1.82, 2.24) is 9.21 Å². The van der Waals surface area contributed by atoms with Crippen LogP contribution in [0.2, 0.25) is 0 Å². The number of amides is 1. The summed E-state index contributed by atoms with van der Waals surface area (Å²) in [5.41, 5.74) is 0.0725. The Kier molecular flexibility index (Phi) is 6.37. The van der Waals surface area contributed by atoms with Gasteiger partial charge in [-0.05, 0) is 44.5 Å². The molecule has 1 saturated heterocycles. The Morgan fingerprint density at radius 2 is 1.96 bits per heavy atom. The van der Waals surface area contributed by atoms with Crippen LogP contribution >= 0.6 is 15.9 Å². The highest BCUT2D eigenvalue weighted by Crippen LogP contribution is 2.28. The molecule has 0 atom stereocenters. The predicted molar refractivity (Wildman–Crippen MR) is 101 cm³/mol. The number of rotatable bonds is 5. The van der Waals surface area contributed by atoms with Crippen molar-refractivity contribution >= 4 is 32.0 Å². The maximum absolute atomic E-state index is 12.7. The van der Waals surface area contributed by atoms with Crippen LogP contribution in [-0.2, 0) is 21.3 Å². The minimum Gasteiger partial charge on any atom is -0.444 e. The molecule has 0 bridgehead atoms. The van der Waals surface area contributed by atoms with Gasteiger partial charge in [0.25, 0.3) is 0 Å².